The van der Waals surface area contributed by atoms with Gasteiger partial charge in [-0.1, -0.05) is 42.5 Å². The number of amides is 1. The quantitative estimate of drug-likeness (QED) is 0.404. The van der Waals surface area contributed by atoms with Crippen molar-refractivity contribution in [2.75, 3.05) is 20.1 Å². The van der Waals surface area contributed by atoms with Gasteiger partial charge in [-0.05, 0) is 48.1 Å². The number of nitrogens with zero attached hydrogens (tertiary/aromatic N) is 3. The molecular formula is C25H25N3OS2. The van der Waals surface area contributed by atoms with E-state index in [4.69, 9.17) is 4.98 Å². The number of hydrogen-bond donors (Lipinski definition) is 0. The van der Waals surface area contributed by atoms with Crippen molar-refractivity contribution in [1.82, 2.24) is 14.8 Å². The second-order valence-corrected chi connectivity index (χ2v) is 10.1. The van der Waals surface area contributed by atoms with Gasteiger partial charge in [-0.2, -0.15) is 0 Å². The minimum absolute atomic E-state index is 0.0541. The van der Waals surface area contributed by atoms with Gasteiger partial charge >= 0.3 is 0 Å². The molecule has 0 fully saturated rings. The summed E-state index contributed by atoms with van der Waals surface area (Å²) >= 11 is 3.50. The maximum Gasteiger partial charge on any atom is 0.237 e. The second kappa shape index (κ2) is 8.54. The number of carbonyl (C=O) groups excluding carboxylic acids is 1. The zero-order chi connectivity index (χ0) is 21.4. The Hall–Kier alpha value is -2.54. The van der Waals surface area contributed by atoms with Crippen molar-refractivity contribution in [1.29, 1.82) is 0 Å². The fraction of sp³-hybridized carbons (Fsp3) is 0.280. The van der Waals surface area contributed by atoms with Gasteiger partial charge in [0.15, 0.2) is 0 Å². The first-order valence-corrected chi connectivity index (χ1v) is 12.3. The highest BCUT2D eigenvalue weighted by molar-refractivity contribution is 7.18. The molecule has 1 aliphatic heterocycles. The first kappa shape index (κ1) is 20.4. The van der Waals surface area contributed by atoms with E-state index in [2.05, 4.69) is 53.6 Å². The van der Waals surface area contributed by atoms with Gasteiger partial charge in [-0.25, -0.2) is 4.98 Å². The third kappa shape index (κ3) is 3.91. The summed E-state index contributed by atoms with van der Waals surface area (Å²) in [5, 5.41) is 3.16. The van der Waals surface area contributed by atoms with E-state index in [9.17, 15) is 4.79 Å². The fourth-order valence-corrected chi connectivity index (χ4v) is 6.27. The lowest BCUT2D eigenvalue weighted by Gasteiger charge is -2.37. The average Bonchev–Trinajstić information content (AvgIpc) is 3.45. The first-order chi connectivity index (χ1) is 15.1. The highest BCUT2D eigenvalue weighted by Crippen LogP contribution is 2.38. The summed E-state index contributed by atoms with van der Waals surface area (Å²) in [5.41, 5.74) is 3.59. The van der Waals surface area contributed by atoms with Crippen molar-refractivity contribution in [2.24, 2.45) is 0 Å². The van der Waals surface area contributed by atoms with Crippen LogP contribution in [0.1, 0.15) is 40.0 Å². The molecule has 2 atom stereocenters. The highest BCUT2D eigenvalue weighted by atomic mass is 32.1. The van der Waals surface area contributed by atoms with Crippen LogP contribution in [-0.2, 0) is 11.2 Å². The maximum atomic E-state index is 13.3. The molecule has 0 N–H and O–H groups in total. The number of rotatable bonds is 5. The van der Waals surface area contributed by atoms with Crippen molar-refractivity contribution in [3.8, 4) is 0 Å². The van der Waals surface area contributed by atoms with Crippen LogP contribution < -0.4 is 0 Å². The molecule has 0 aliphatic carbocycles. The Morgan fingerprint density at radius 3 is 2.74 bits per heavy atom. The lowest BCUT2D eigenvalue weighted by Crippen LogP contribution is -2.43. The summed E-state index contributed by atoms with van der Waals surface area (Å²) in [5.74, 6) is 0.131. The predicted molar refractivity (Wildman–Crippen MR) is 129 cm³/mol. The van der Waals surface area contributed by atoms with Gasteiger partial charge in [0, 0.05) is 18.5 Å². The zero-order valence-corrected chi connectivity index (χ0v) is 19.3. The normalized spacial score (nSPS) is 17.4. The summed E-state index contributed by atoms with van der Waals surface area (Å²) < 4.78 is 1.16. The Balaban J connectivity index is 1.37. The predicted octanol–water partition coefficient (Wildman–Crippen LogP) is 5.52. The van der Waals surface area contributed by atoms with E-state index < -0.39 is 0 Å². The van der Waals surface area contributed by atoms with Crippen LogP contribution in [0.5, 0.6) is 0 Å². The van der Waals surface area contributed by atoms with E-state index in [1.807, 2.05) is 47.5 Å². The number of aromatic nitrogens is 1. The van der Waals surface area contributed by atoms with Crippen molar-refractivity contribution < 1.29 is 4.79 Å². The summed E-state index contributed by atoms with van der Waals surface area (Å²) in [7, 11) is 1.90. The van der Waals surface area contributed by atoms with E-state index in [-0.39, 0.29) is 18.0 Å². The largest absolute Gasteiger partial charge is 0.335 e. The molecule has 6 heteroatoms. The Kier molecular flexibility index (Phi) is 5.61. The van der Waals surface area contributed by atoms with Crippen LogP contribution in [0.2, 0.25) is 0 Å². The number of likely N-dealkylation sites (N-methyl/N-ethyl adjacent to an activating group) is 1. The zero-order valence-electron chi connectivity index (χ0n) is 17.7. The number of benzene rings is 2. The number of fused-ring (bicyclic) bond motifs is 2. The minimum Gasteiger partial charge on any atom is -0.335 e. The smallest absolute Gasteiger partial charge is 0.237 e. The second-order valence-electron chi connectivity index (χ2n) is 8.03. The molecule has 0 unspecified atom stereocenters. The Morgan fingerprint density at radius 1 is 1.16 bits per heavy atom. The van der Waals surface area contributed by atoms with E-state index in [1.54, 1.807) is 11.3 Å². The molecule has 5 rings (SSSR count). The van der Waals surface area contributed by atoms with E-state index in [0.29, 0.717) is 6.54 Å². The number of para-hydroxylation sites is 1. The molecule has 4 nitrogen and oxygen atoms in total. The standard InChI is InChI=1S/C25H25N3OS2/c1-17(25-26-20-10-6-7-11-22(20)31-25)27(2)23(29)16-28-14-12-21-19(13-15-30-21)24(28)18-8-4-3-5-9-18/h3-11,13,15,17,24H,12,14,16H2,1-2H3/t17-,24-/m1/s1. The maximum absolute atomic E-state index is 13.3. The lowest BCUT2D eigenvalue weighted by atomic mass is 9.93. The van der Waals surface area contributed by atoms with Gasteiger partial charge in [0.25, 0.3) is 0 Å². The van der Waals surface area contributed by atoms with Gasteiger partial charge in [0.05, 0.1) is 28.8 Å². The number of thiophene rings is 1. The monoisotopic (exact) mass is 447 g/mol. The van der Waals surface area contributed by atoms with Gasteiger partial charge in [-0.15, -0.1) is 22.7 Å². The Labute approximate surface area is 190 Å². The van der Waals surface area contributed by atoms with Crippen molar-refractivity contribution in [2.45, 2.75) is 25.4 Å². The molecule has 0 spiro atoms. The first-order valence-electron chi connectivity index (χ1n) is 10.6. The number of carbonyl (C=O) groups is 1. The molecule has 4 aromatic rings. The highest BCUT2D eigenvalue weighted by Gasteiger charge is 2.32. The van der Waals surface area contributed by atoms with E-state index in [0.717, 1.165) is 28.2 Å². The Morgan fingerprint density at radius 2 is 1.94 bits per heavy atom. The molecular weight excluding hydrogens is 422 g/mol. The number of thiazole rings is 1. The summed E-state index contributed by atoms with van der Waals surface area (Å²) in [6.45, 7) is 3.36. The molecule has 3 heterocycles. The minimum atomic E-state index is -0.0541. The lowest BCUT2D eigenvalue weighted by molar-refractivity contribution is -0.133. The van der Waals surface area contributed by atoms with Crippen LogP contribution in [0.4, 0.5) is 0 Å². The van der Waals surface area contributed by atoms with Crippen molar-refractivity contribution in [3.63, 3.8) is 0 Å². The molecule has 158 valence electrons. The van der Waals surface area contributed by atoms with Crippen molar-refractivity contribution >= 4 is 38.8 Å². The van der Waals surface area contributed by atoms with Gasteiger partial charge in [-0.3, -0.25) is 9.69 Å². The fourth-order valence-electron chi connectivity index (χ4n) is 4.30. The topological polar surface area (TPSA) is 36.4 Å². The van der Waals surface area contributed by atoms with Crippen LogP contribution in [0.15, 0.2) is 66.0 Å². The molecule has 1 amide bonds. The van der Waals surface area contributed by atoms with Crippen LogP contribution in [0.25, 0.3) is 10.2 Å². The molecule has 2 aromatic heterocycles. The molecule has 0 saturated heterocycles. The van der Waals surface area contributed by atoms with Gasteiger partial charge in [0.2, 0.25) is 5.91 Å². The molecule has 31 heavy (non-hydrogen) atoms. The van der Waals surface area contributed by atoms with E-state index >= 15 is 0 Å². The molecule has 2 aromatic carbocycles. The van der Waals surface area contributed by atoms with Gasteiger partial charge < -0.3 is 4.90 Å². The van der Waals surface area contributed by atoms with Gasteiger partial charge in [0.1, 0.15) is 5.01 Å². The third-order valence-electron chi connectivity index (χ3n) is 6.16. The SMILES string of the molecule is C[C@H](c1nc2ccccc2s1)N(C)C(=O)CN1CCc2sccc2[C@H]1c1ccccc1. The van der Waals surface area contributed by atoms with Crippen LogP contribution in [0.3, 0.4) is 0 Å². The molecule has 0 saturated carbocycles. The summed E-state index contributed by atoms with van der Waals surface area (Å²) in [4.78, 5) is 23.7. The van der Waals surface area contributed by atoms with Crippen LogP contribution in [-0.4, -0.2) is 40.8 Å². The molecule has 0 bridgehead atoms. The molecule has 1 aliphatic rings. The number of hydrogen-bond acceptors (Lipinski definition) is 5. The van der Waals surface area contributed by atoms with Crippen molar-refractivity contribution in [3.05, 3.63) is 87.1 Å². The average molecular weight is 448 g/mol. The van der Waals surface area contributed by atoms with Crippen LogP contribution >= 0.6 is 22.7 Å². The van der Waals surface area contributed by atoms with Crippen LogP contribution in [0, 0.1) is 0 Å². The summed E-state index contributed by atoms with van der Waals surface area (Å²) in [6, 6.07) is 21.0. The Bertz CT molecular complexity index is 1170. The molecule has 0 radical (unpaired) electrons. The third-order valence-corrected chi connectivity index (χ3v) is 8.36. The summed E-state index contributed by atoms with van der Waals surface area (Å²) in [6.07, 6.45) is 1.00. The van der Waals surface area contributed by atoms with E-state index in [1.165, 1.54) is 16.0 Å².